The molecule has 3 aromatic rings. The number of morpholine rings is 1. The molecular formula is C25H27N3O5. The molecule has 1 saturated heterocycles. The summed E-state index contributed by atoms with van der Waals surface area (Å²) in [5.41, 5.74) is 1.77. The average molecular weight is 450 g/mol. The van der Waals surface area contributed by atoms with E-state index < -0.39 is 0 Å². The number of likely N-dealkylation sites (N-methyl/N-ethyl adjacent to an activating group) is 1. The molecule has 4 rings (SSSR count). The second-order valence-electron chi connectivity index (χ2n) is 7.72. The average Bonchev–Trinajstić information content (AvgIpc) is 3.33. The Hall–Kier alpha value is -3.78. The van der Waals surface area contributed by atoms with E-state index in [0.29, 0.717) is 17.2 Å². The SMILES string of the molecule is CN(CC(=O)Nc1ccc(N2CCOCC2)cc1)C(=O)c1ccc(COc2ccccc2)o1. The van der Waals surface area contributed by atoms with Crippen LogP contribution in [0.2, 0.25) is 0 Å². The molecule has 2 amide bonds. The van der Waals surface area contributed by atoms with Gasteiger partial charge in [0.2, 0.25) is 5.91 Å². The lowest BCUT2D eigenvalue weighted by Gasteiger charge is -2.28. The Balaban J connectivity index is 1.26. The molecule has 8 heteroatoms. The first kappa shape index (κ1) is 22.4. The minimum Gasteiger partial charge on any atom is -0.486 e. The van der Waals surface area contributed by atoms with E-state index in [0.717, 1.165) is 32.0 Å². The van der Waals surface area contributed by atoms with Crippen molar-refractivity contribution in [2.75, 3.05) is 50.1 Å². The number of anilines is 2. The Morgan fingerprint density at radius 3 is 2.45 bits per heavy atom. The molecule has 1 N–H and O–H groups in total. The summed E-state index contributed by atoms with van der Waals surface area (Å²) in [6.07, 6.45) is 0. The van der Waals surface area contributed by atoms with Crippen molar-refractivity contribution in [1.82, 2.24) is 4.90 Å². The molecule has 0 unspecified atom stereocenters. The molecule has 0 radical (unpaired) electrons. The Labute approximate surface area is 192 Å². The largest absolute Gasteiger partial charge is 0.486 e. The standard InChI is InChI=1S/C25H27N3O5/c1-27(25(30)23-12-11-22(33-23)18-32-21-5-3-2-4-6-21)17-24(29)26-19-7-9-20(10-8-19)28-13-15-31-16-14-28/h2-12H,13-18H2,1H3,(H,26,29). The van der Waals surface area contributed by atoms with Gasteiger partial charge in [0.25, 0.3) is 5.91 Å². The van der Waals surface area contributed by atoms with Gasteiger partial charge in [-0.3, -0.25) is 9.59 Å². The smallest absolute Gasteiger partial charge is 0.289 e. The van der Waals surface area contributed by atoms with Gasteiger partial charge < -0.3 is 29.0 Å². The minimum atomic E-state index is -0.376. The molecule has 2 aromatic carbocycles. The molecule has 0 atom stereocenters. The molecule has 0 bridgehead atoms. The third-order valence-electron chi connectivity index (χ3n) is 5.25. The first-order chi connectivity index (χ1) is 16.1. The number of nitrogens with one attached hydrogen (secondary N) is 1. The highest BCUT2D eigenvalue weighted by atomic mass is 16.5. The van der Waals surface area contributed by atoms with E-state index in [4.69, 9.17) is 13.9 Å². The molecule has 1 fully saturated rings. The highest BCUT2D eigenvalue weighted by Gasteiger charge is 2.19. The van der Waals surface area contributed by atoms with E-state index in [1.54, 1.807) is 19.2 Å². The van der Waals surface area contributed by atoms with Crippen LogP contribution < -0.4 is 15.0 Å². The highest BCUT2D eigenvalue weighted by molar-refractivity contribution is 5.98. The Morgan fingerprint density at radius 1 is 1.00 bits per heavy atom. The van der Waals surface area contributed by atoms with Crippen molar-refractivity contribution in [2.24, 2.45) is 0 Å². The quantitative estimate of drug-likeness (QED) is 0.568. The van der Waals surface area contributed by atoms with Crippen LogP contribution in [0.3, 0.4) is 0 Å². The normalized spacial score (nSPS) is 13.4. The molecule has 172 valence electrons. The van der Waals surface area contributed by atoms with Crippen molar-refractivity contribution in [2.45, 2.75) is 6.61 Å². The predicted molar refractivity (Wildman–Crippen MR) is 125 cm³/mol. The summed E-state index contributed by atoms with van der Waals surface area (Å²) in [5.74, 6) is 0.740. The number of amides is 2. The molecule has 8 nitrogen and oxygen atoms in total. The van der Waals surface area contributed by atoms with Gasteiger partial charge in [-0.2, -0.15) is 0 Å². The maximum Gasteiger partial charge on any atom is 0.289 e. The molecule has 1 aliphatic rings. The molecule has 33 heavy (non-hydrogen) atoms. The lowest BCUT2D eigenvalue weighted by atomic mass is 10.2. The fourth-order valence-corrected chi connectivity index (χ4v) is 3.49. The number of benzene rings is 2. The van der Waals surface area contributed by atoms with Gasteiger partial charge in [0, 0.05) is 31.5 Å². The molecule has 1 aliphatic heterocycles. The van der Waals surface area contributed by atoms with Gasteiger partial charge in [0.1, 0.15) is 18.1 Å². The number of ether oxygens (including phenoxy) is 2. The molecule has 2 heterocycles. The maximum absolute atomic E-state index is 12.6. The Kier molecular flexibility index (Phi) is 7.26. The number of rotatable bonds is 8. The number of hydrogen-bond acceptors (Lipinski definition) is 6. The van der Waals surface area contributed by atoms with Crippen molar-refractivity contribution in [3.8, 4) is 5.75 Å². The summed E-state index contributed by atoms with van der Waals surface area (Å²) in [7, 11) is 1.56. The lowest BCUT2D eigenvalue weighted by Crippen LogP contribution is -2.36. The zero-order valence-electron chi connectivity index (χ0n) is 18.5. The first-order valence-corrected chi connectivity index (χ1v) is 10.8. The van der Waals surface area contributed by atoms with Crippen molar-refractivity contribution >= 4 is 23.2 Å². The summed E-state index contributed by atoms with van der Waals surface area (Å²) in [4.78, 5) is 28.6. The van der Waals surface area contributed by atoms with Crippen LogP contribution in [0.25, 0.3) is 0 Å². The molecule has 1 aromatic heterocycles. The Morgan fingerprint density at radius 2 is 1.73 bits per heavy atom. The van der Waals surface area contributed by atoms with Gasteiger partial charge in [-0.25, -0.2) is 0 Å². The summed E-state index contributed by atoms with van der Waals surface area (Å²) < 4.78 is 16.6. The van der Waals surface area contributed by atoms with Gasteiger partial charge in [0.05, 0.1) is 19.8 Å². The summed E-state index contributed by atoms with van der Waals surface area (Å²) >= 11 is 0. The van der Waals surface area contributed by atoms with Crippen molar-refractivity contribution in [3.63, 3.8) is 0 Å². The predicted octanol–water partition coefficient (Wildman–Crippen LogP) is 3.41. The summed E-state index contributed by atoms with van der Waals surface area (Å²) in [6, 6.07) is 20.3. The van der Waals surface area contributed by atoms with Gasteiger partial charge in [-0.15, -0.1) is 0 Å². The molecule has 0 aliphatic carbocycles. The number of hydrogen-bond donors (Lipinski definition) is 1. The Bertz CT molecular complexity index is 1060. The summed E-state index contributed by atoms with van der Waals surface area (Å²) in [5, 5.41) is 2.83. The van der Waals surface area contributed by atoms with Crippen LogP contribution in [0, 0.1) is 0 Å². The van der Waals surface area contributed by atoms with Gasteiger partial charge in [0.15, 0.2) is 5.76 Å². The van der Waals surface area contributed by atoms with Crippen LogP contribution >= 0.6 is 0 Å². The van der Waals surface area contributed by atoms with Gasteiger partial charge >= 0.3 is 0 Å². The first-order valence-electron chi connectivity index (χ1n) is 10.8. The van der Waals surface area contributed by atoms with E-state index in [2.05, 4.69) is 10.2 Å². The second-order valence-corrected chi connectivity index (χ2v) is 7.72. The van der Waals surface area contributed by atoms with Gasteiger partial charge in [-0.1, -0.05) is 18.2 Å². The third-order valence-corrected chi connectivity index (χ3v) is 5.25. The fourth-order valence-electron chi connectivity index (χ4n) is 3.49. The topological polar surface area (TPSA) is 84.2 Å². The second kappa shape index (κ2) is 10.7. The summed E-state index contributed by atoms with van der Waals surface area (Å²) in [6.45, 7) is 3.26. The van der Waals surface area contributed by atoms with E-state index in [1.807, 2.05) is 54.6 Å². The zero-order valence-corrected chi connectivity index (χ0v) is 18.5. The molecular weight excluding hydrogens is 422 g/mol. The maximum atomic E-state index is 12.6. The van der Waals surface area contributed by atoms with E-state index in [1.165, 1.54) is 4.90 Å². The molecule has 0 saturated carbocycles. The van der Waals surface area contributed by atoms with Crippen LogP contribution in [-0.2, 0) is 16.1 Å². The number of nitrogens with zero attached hydrogens (tertiary/aromatic N) is 2. The number of carbonyl (C=O) groups is 2. The number of para-hydroxylation sites is 1. The van der Waals surface area contributed by atoms with E-state index >= 15 is 0 Å². The highest BCUT2D eigenvalue weighted by Crippen LogP contribution is 2.19. The van der Waals surface area contributed by atoms with E-state index in [-0.39, 0.29) is 30.7 Å². The van der Waals surface area contributed by atoms with E-state index in [9.17, 15) is 9.59 Å². The van der Waals surface area contributed by atoms with Crippen molar-refractivity contribution in [1.29, 1.82) is 0 Å². The van der Waals surface area contributed by atoms with Crippen LogP contribution in [0.5, 0.6) is 5.75 Å². The van der Waals surface area contributed by atoms with Gasteiger partial charge in [-0.05, 0) is 48.5 Å². The monoisotopic (exact) mass is 449 g/mol. The minimum absolute atomic E-state index is 0.0966. The molecule has 0 spiro atoms. The zero-order chi connectivity index (χ0) is 23.0. The van der Waals surface area contributed by atoms with Crippen LogP contribution in [0.1, 0.15) is 16.3 Å². The number of furan rings is 1. The fraction of sp³-hybridized carbons (Fsp3) is 0.280. The van der Waals surface area contributed by atoms with Crippen molar-refractivity contribution in [3.05, 3.63) is 78.3 Å². The van der Waals surface area contributed by atoms with Crippen molar-refractivity contribution < 1.29 is 23.5 Å². The van der Waals surface area contributed by atoms with Crippen LogP contribution in [0.4, 0.5) is 11.4 Å². The van der Waals surface area contributed by atoms with Crippen LogP contribution in [0.15, 0.2) is 71.1 Å². The number of carbonyl (C=O) groups excluding carboxylic acids is 2. The third kappa shape index (κ3) is 6.14. The lowest BCUT2D eigenvalue weighted by molar-refractivity contribution is -0.116. The van der Waals surface area contributed by atoms with Crippen LogP contribution in [-0.4, -0.2) is 56.6 Å².